The van der Waals surface area contributed by atoms with Gasteiger partial charge >= 0.3 is 0 Å². The Hall–Kier alpha value is -0.870. The first-order valence-corrected chi connectivity index (χ1v) is 6.39. The van der Waals surface area contributed by atoms with E-state index in [4.69, 9.17) is 4.74 Å². The molecule has 0 saturated heterocycles. The fourth-order valence-corrected chi connectivity index (χ4v) is 1.70. The molecule has 1 aromatic heterocycles. The predicted octanol–water partition coefficient (Wildman–Crippen LogP) is 2.13. The van der Waals surface area contributed by atoms with Crippen LogP contribution in [0.4, 0.5) is 0 Å². The zero-order valence-corrected chi connectivity index (χ0v) is 11.4. The van der Waals surface area contributed by atoms with Crippen molar-refractivity contribution in [1.82, 2.24) is 14.9 Å². The van der Waals surface area contributed by atoms with Crippen molar-refractivity contribution in [2.75, 3.05) is 19.8 Å². The first-order chi connectivity index (χ1) is 8.11. The van der Waals surface area contributed by atoms with E-state index in [0.717, 1.165) is 32.0 Å². The van der Waals surface area contributed by atoms with Crippen molar-refractivity contribution < 1.29 is 4.74 Å². The lowest BCUT2D eigenvalue weighted by Crippen LogP contribution is -2.23. The van der Waals surface area contributed by atoms with E-state index < -0.39 is 0 Å². The van der Waals surface area contributed by atoms with Crippen molar-refractivity contribution in [3.05, 3.63) is 18.2 Å². The number of rotatable bonds is 8. The molecule has 0 aliphatic carbocycles. The Morgan fingerprint density at radius 3 is 2.76 bits per heavy atom. The highest BCUT2D eigenvalue weighted by molar-refractivity contribution is 4.96. The molecule has 1 atom stereocenters. The quantitative estimate of drug-likeness (QED) is 0.706. The van der Waals surface area contributed by atoms with Crippen molar-refractivity contribution in [3.63, 3.8) is 0 Å². The van der Waals surface area contributed by atoms with Gasteiger partial charge in [0.1, 0.15) is 5.82 Å². The van der Waals surface area contributed by atoms with E-state index >= 15 is 0 Å². The predicted molar refractivity (Wildman–Crippen MR) is 69.9 cm³/mol. The van der Waals surface area contributed by atoms with Crippen LogP contribution in [0.15, 0.2) is 12.4 Å². The number of aryl methyl sites for hydroxylation is 1. The summed E-state index contributed by atoms with van der Waals surface area (Å²) in [6, 6.07) is 0.292. The third-order valence-corrected chi connectivity index (χ3v) is 2.61. The minimum atomic E-state index is 0.292. The second kappa shape index (κ2) is 7.45. The second-order valence-corrected chi connectivity index (χ2v) is 4.89. The van der Waals surface area contributed by atoms with E-state index in [1.165, 1.54) is 0 Å². The summed E-state index contributed by atoms with van der Waals surface area (Å²) in [7, 11) is 2.02. The Balaban J connectivity index is 2.09. The largest absolute Gasteiger partial charge is 0.381 e. The first kappa shape index (κ1) is 14.2. The summed E-state index contributed by atoms with van der Waals surface area (Å²) in [5.41, 5.74) is 0. The maximum Gasteiger partial charge on any atom is 0.125 e. The molecule has 0 aromatic carbocycles. The molecule has 0 aliphatic heterocycles. The Labute approximate surface area is 104 Å². The van der Waals surface area contributed by atoms with Crippen LogP contribution in [-0.4, -0.2) is 29.3 Å². The molecule has 0 aliphatic rings. The van der Waals surface area contributed by atoms with E-state index in [2.05, 4.69) is 31.1 Å². The van der Waals surface area contributed by atoms with Gasteiger partial charge in [-0.1, -0.05) is 13.8 Å². The van der Waals surface area contributed by atoms with E-state index in [9.17, 15) is 0 Å². The highest BCUT2D eigenvalue weighted by atomic mass is 16.5. The van der Waals surface area contributed by atoms with Crippen LogP contribution in [0, 0.1) is 5.92 Å². The number of imidazole rings is 1. The van der Waals surface area contributed by atoms with Crippen molar-refractivity contribution in [2.24, 2.45) is 13.0 Å². The Morgan fingerprint density at radius 1 is 1.41 bits per heavy atom. The maximum atomic E-state index is 5.53. The standard InChI is InChI=1S/C13H25N3O/c1-11(2)10-17-9-5-6-14-12(3)13-15-7-8-16(13)4/h7-8,11-12,14H,5-6,9-10H2,1-4H3. The van der Waals surface area contributed by atoms with Crippen LogP contribution in [0.3, 0.4) is 0 Å². The zero-order valence-electron chi connectivity index (χ0n) is 11.4. The number of nitrogens with one attached hydrogen (secondary N) is 1. The van der Waals surface area contributed by atoms with Crippen molar-refractivity contribution >= 4 is 0 Å². The van der Waals surface area contributed by atoms with E-state index in [0.29, 0.717) is 12.0 Å². The third kappa shape index (κ3) is 5.33. The number of aromatic nitrogens is 2. The van der Waals surface area contributed by atoms with Crippen LogP contribution in [0.2, 0.25) is 0 Å². The Kier molecular flexibility index (Phi) is 6.22. The Bertz CT molecular complexity index is 309. The highest BCUT2D eigenvalue weighted by Gasteiger charge is 2.08. The van der Waals surface area contributed by atoms with Gasteiger partial charge in [0.05, 0.1) is 6.04 Å². The average molecular weight is 239 g/mol. The van der Waals surface area contributed by atoms with E-state index in [1.807, 2.05) is 24.0 Å². The summed E-state index contributed by atoms with van der Waals surface area (Å²) in [5, 5.41) is 3.45. The zero-order chi connectivity index (χ0) is 12.7. The molecule has 4 heteroatoms. The minimum Gasteiger partial charge on any atom is -0.381 e. The molecule has 0 radical (unpaired) electrons. The number of ether oxygens (including phenoxy) is 1. The molecule has 1 heterocycles. The lowest BCUT2D eigenvalue weighted by atomic mass is 10.2. The lowest BCUT2D eigenvalue weighted by molar-refractivity contribution is 0.107. The van der Waals surface area contributed by atoms with Gasteiger partial charge in [-0.15, -0.1) is 0 Å². The van der Waals surface area contributed by atoms with Crippen LogP contribution in [0.1, 0.15) is 39.1 Å². The van der Waals surface area contributed by atoms with Crippen LogP contribution in [-0.2, 0) is 11.8 Å². The molecule has 4 nitrogen and oxygen atoms in total. The van der Waals surface area contributed by atoms with Crippen molar-refractivity contribution in [2.45, 2.75) is 33.2 Å². The third-order valence-electron chi connectivity index (χ3n) is 2.61. The minimum absolute atomic E-state index is 0.292. The molecule has 17 heavy (non-hydrogen) atoms. The fraction of sp³-hybridized carbons (Fsp3) is 0.769. The van der Waals surface area contributed by atoms with Crippen LogP contribution in [0.25, 0.3) is 0 Å². The fourth-order valence-electron chi connectivity index (χ4n) is 1.70. The molecule has 1 N–H and O–H groups in total. The summed E-state index contributed by atoms with van der Waals surface area (Å²) in [5.74, 6) is 1.70. The number of hydrogen-bond donors (Lipinski definition) is 1. The molecule has 0 fully saturated rings. The summed E-state index contributed by atoms with van der Waals surface area (Å²) < 4.78 is 7.58. The molecule has 1 unspecified atom stereocenters. The summed E-state index contributed by atoms with van der Waals surface area (Å²) in [6.45, 7) is 9.12. The van der Waals surface area contributed by atoms with Crippen LogP contribution >= 0.6 is 0 Å². The smallest absolute Gasteiger partial charge is 0.125 e. The van der Waals surface area contributed by atoms with Gasteiger partial charge in [-0.3, -0.25) is 0 Å². The van der Waals surface area contributed by atoms with Crippen LogP contribution < -0.4 is 5.32 Å². The molecule has 0 bridgehead atoms. The molecular weight excluding hydrogens is 214 g/mol. The van der Waals surface area contributed by atoms with E-state index in [-0.39, 0.29) is 0 Å². The van der Waals surface area contributed by atoms with Gasteiger partial charge in [-0.05, 0) is 25.8 Å². The van der Waals surface area contributed by atoms with Crippen LogP contribution in [0.5, 0.6) is 0 Å². The van der Waals surface area contributed by atoms with Gasteiger partial charge in [-0.25, -0.2) is 4.98 Å². The van der Waals surface area contributed by atoms with Gasteiger partial charge in [0, 0.05) is 32.7 Å². The van der Waals surface area contributed by atoms with E-state index in [1.54, 1.807) is 0 Å². The average Bonchev–Trinajstić information content (AvgIpc) is 2.69. The number of hydrogen-bond acceptors (Lipinski definition) is 3. The molecule has 0 saturated carbocycles. The van der Waals surface area contributed by atoms with Gasteiger partial charge in [0.15, 0.2) is 0 Å². The molecule has 1 rings (SSSR count). The molecule has 0 spiro atoms. The summed E-state index contributed by atoms with van der Waals surface area (Å²) >= 11 is 0. The van der Waals surface area contributed by atoms with Crippen molar-refractivity contribution in [3.8, 4) is 0 Å². The molecule has 1 aromatic rings. The van der Waals surface area contributed by atoms with Gasteiger partial charge in [0.25, 0.3) is 0 Å². The maximum absolute atomic E-state index is 5.53. The van der Waals surface area contributed by atoms with Gasteiger partial charge < -0.3 is 14.6 Å². The molecule has 0 amide bonds. The Morgan fingerprint density at radius 2 is 2.18 bits per heavy atom. The summed E-state index contributed by atoms with van der Waals surface area (Å²) in [4.78, 5) is 4.32. The number of nitrogens with zero attached hydrogens (tertiary/aromatic N) is 2. The normalized spacial score (nSPS) is 13.2. The van der Waals surface area contributed by atoms with Gasteiger partial charge in [-0.2, -0.15) is 0 Å². The monoisotopic (exact) mass is 239 g/mol. The molecular formula is C13H25N3O. The molecule has 98 valence electrons. The van der Waals surface area contributed by atoms with Gasteiger partial charge in [0.2, 0.25) is 0 Å². The topological polar surface area (TPSA) is 39.1 Å². The highest BCUT2D eigenvalue weighted by Crippen LogP contribution is 2.07. The second-order valence-electron chi connectivity index (χ2n) is 4.89. The SMILES string of the molecule is CC(C)COCCCNC(C)c1nccn1C. The van der Waals surface area contributed by atoms with Crippen molar-refractivity contribution in [1.29, 1.82) is 0 Å². The summed E-state index contributed by atoms with van der Waals surface area (Å²) in [6.07, 6.45) is 4.85. The lowest BCUT2D eigenvalue weighted by Gasteiger charge is -2.13. The first-order valence-electron chi connectivity index (χ1n) is 6.39.